The molecule has 0 atom stereocenters. The van der Waals surface area contributed by atoms with Crippen LogP contribution < -0.4 is 11.3 Å². The molecule has 1 aromatic carbocycles. The van der Waals surface area contributed by atoms with E-state index in [9.17, 15) is 4.79 Å². The molecular weight excluding hydrogens is 182 g/mol. The number of hydrogen-bond donors (Lipinski definition) is 3. The van der Waals surface area contributed by atoms with Gasteiger partial charge in [0, 0.05) is 0 Å². The first kappa shape index (κ1) is 10.2. The van der Waals surface area contributed by atoms with Gasteiger partial charge in [0.1, 0.15) is 6.34 Å². The topological polar surface area (TPSA) is 87.7 Å². The standard InChI is InChI=1S/C9H11N3O2/c1-6-2-3-7(9(13)14)4-8(6)11-5-12-10/h2-5H,10H2,1H3,(H,11,12)(H,13,14). The maximum Gasteiger partial charge on any atom is 0.335 e. The van der Waals surface area contributed by atoms with Crippen molar-refractivity contribution in [3.8, 4) is 0 Å². The molecule has 0 fully saturated rings. The number of aryl methyl sites for hydroxylation is 1. The number of carbonyl (C=O) groups is 1. The number of rotatable bonds is 3. The van der Waals surface area contributed by atoms with Crippen LogP contribution in [0.5, 0.6) is 0 Å². The van der Waals surface area contributed by atoms with Gasteiger partial charge in [-0.1, -0.05) is 6.07 Å². The zero-order valence-corrected chi connectivity index (χ0v) is 7.69. The Labute approximate surface area is 81.2 Å². The summed E-state index contributed by atoms with van der Waals surface area (Å²) in [6.07, 6.45) is 1.30. The van der Waals surface area contributed by atoms with E-state index in [0.717, 1.165) is 5.56 Å². The molecule has 0 aromatic heterocycles. The van der Waals surface area contributed by atoms with E-state index in [1.54, 1.807) is 6.07 Å². The van der Waals surface area contributed by atoms with E-state index in [1.807, 2.05) is 6.92 Å². The molecule has 0 aliphatic rings. The molecule has 0 spiro atoms. The van der Waals surface area contributed by atoms with Crippen molar-refractivity contribution < 1.29 is 9.90 Å². The highest BCUT2D eigenvalue weighted by Crippen LogP contribution is 2.19. The Morgan fingerprint density at radius 3 is 2.93 bits per heavy atom. The molecule has 74 valence electrons. The number of carboxylic acid groups (broad SMARTS) is 1. The smallest absolute Gasteiger partial charge is 0.335 e. The third-order valence-electron chi connectivity index (χ3n) is 1.73. The molecule has 0 amide bonds. The van der Waals surface area contributed by atoms with Crippen LogP contribution in [0.3, 0.4) is 0 Å². The summed E-state index contributed by atoms with van der Waals surface area (Å²) in [5, 5.41) is 8.73. The molecule has 5 heteroatoms. The lowest BCUT2D eigenvalue weighted by Gasteiger charge is -2.01. The maximum atomic E-state index is 10.6. The van der Waals surface area contributed by atoms with Gasteiger partial charge in [-0.15, -0.1) is 0 Å². The van der Waals surface area contributed by atoms with E-state index < -0.39 is 5.97 Å². The van der Waals surface area contributed by atoms with Gasteiger partial charge in [0.25, 0.3) is 0 Å². The van der Waals surface area contributed by atoms with Crippen LogP contribution in [0, 0.1) is 6.92 Å². The Bertz CT molecular complexity index is 374. The van der Waals surface area contributed by atoms with Crippen molar-refractivity contribution in [2.75, 3.05) is 0 Å². The molecule has 0 radical (unpaired) electrons. The molecule has 0 unspecified atom stereocenters. The van der Waals surface area contributed by atoms with Gasteiger partial charge in [0.15, 0.2) is 0 Å². The van der Waals surface area contributed by atoms with Crippen LogP contribution in [0.1, 0.15) is 15.9 Å². The van der Waals surface area contributed by atoms with Crippen LogP contribution in [0.15, 0.2) is 23.2 Å². The Kier molecular flexibility index (Phi) is 3.19. The van der Waals surface area contributed by atoms with Crippen molar-refractivity contribution in [3.05, 3.63) is 29.3 Å². The Hall–Kier alpha value is -1.88. The van der Waals surface area contributed by atoms with E-state index >= 15 is 0 Å². The zero-order valence-electron chi connectivity index (χ0n) is 7.69. The number of nitrogens with zero attached hydrogens (tertiary/aromatic N) is 1. The second-order valence-corrected chi connectivity index (χ2v) is 2.73. The third kappa shape index (κ3) is 2.30. The molecule has 0 saturated carbocycles. The van der Waals surface area contributed by atoms with Crippen molar-refractivity contribution in [3.63, 3.8) is 0 Å². The number of nitrogens with one attached hydrogen (secondary N) is 1. The number of hydrazine groups is 1. The zero-order chi connectivity index (χ0) is 10.6. The predicted molar refractivity (Wildman–Crippen MR) is 53.6 cm³/mol. The summed E-state index contributed by atoms with van der Waals surface area (Å²) >= 11 is 0. The van der Waals surface area contributed by atoms with Crippen molar-refractivity contribution in [2.24, 2.45) is 10.8 Å². The normalized spacial score (nSPS) is 10.4. The summed E-state index contributed by atoms with van der Waals surface area (Å²) in [7, 11) is 0. The Morgan fingerprint density at radius 1 is 1.64 bits per heavy atom. The first-order chi connectivity index (χ1) is 6.65. The number of carboxylic acids is 1. The summed E-state index contributed by atoms with van der Waals surface area (Å²) in [6, 6.07) is 4.73. The van der Waals surface area contributed by atoms with Gasteiger partial charge in [-0.2, -0.15) is 0 Å². The predicted octanol–water partition coefficient (Wildman–Crippen LogP) is 0.816. The van der Waals surface area contributed by atoms with Gasteiger partial charge < -0.3 is 10.5 Å². The van der Waals surface area contributed by atoms with Crippen LogP contribution >= 0.6 is 0 Å². The lowest BCUT2D eigenvalue weighted by atomic mass is 10.1. The van der Waals surface area contributed by atoms with E-state index in [-0.39, 0.29) is 5.56 Å². The second-order valence-electron chi connectivity index (χ2n) is 2.73. The van der Waals surface area contributed by atoms with Crippen LogP contribution in [-0.2, 0) is 0 Å². The van der Waals surface area contributed by atoms with Crippen molar-refractivity contribution in [2.45, 2.75) is 6.92 Å². The lowest BCUT2D eigenvalue weighted by molar-refractivity contribution is 0.0697. The van der Waals surface area contributed by atoms with E-state index in [2.05, 4.69) is 10.4 Å². The molecule has 0 aliphatic carbocycles. The Morgan fingerprint density at radius 2 is 2.36 bits per heavy atom. The fourth-order valence-corrected chi connectivity index (χ4v) is 0.988. The number of hydrogen-bond acceptors (Lipinski definition) is 3. The van der Waals surface area contributed by atoms with Gasteiger partial charge in [-0.05, 0) is 24.6 Å². The monoisotopic (exact) mass is 193 g/mol. The molecule has 0 bridgehead atoms. The summed E-state index contributed by atoms with van der Waals surface area (Å²) in [5.74, 6) is 4.04. The second kappa shape index (κ2) is 4.38. The molecule has 4 N–H and O–H groups in total. The van der Waals surface area contributed by atoms with Crippen LogP contribution in [0.2, 0.25) is 0 Å². The van der Waals surface area contributed by atoms with Crippen LogP contribution in [0.25, 0.3) is 0 Å². The molecule has 1 aromatic rings. The van der Waals surface area contributed by atoms with Crippen molar-refractivity contribution in [1.29, 1.82) is 0 Å². The number of benzene rings is 1. The maximum absolute atomic E-state index is 10.6. The average molecular weight is 193 g/mol. The van der Waals surface area contributed by atoms with Gasteiger partial charge in [-0.3, -0.25) is 0 Å². The third-order valence-corrected chi connectivity index (χ3v) is 1.73. The molecule has 0 heterocycles. The molecule has 14 heavy (non-hydrogen) atoms. The van der Waals surface area contributed by atoms with Crippen LogP contribution in [0.4, 0.5) is 5.69 Å². The largest absolute Gasteiger partial charge is 0.478 e. The summed E-state index contributed by atoms with van der Waals surface area (Å²) < 4.78 is 0. The summed E-state index contributed by atoms with van der Waals surface area (Å²) in [6.45, 7) is 1.84. The minimum Gasteiger partial charge on any atom is -0.478 e. The molecule has 0 aliphatic heterocycles. The minimum absolute atomic E-state index is 0.208. The SMILES string of the molecule is Cc1ccc(C(=O)O)cc1N=CNN. The van der Waals surface area contributed by atoms with E-state index in [1.165, 1.54) is 18.5 Å². The Balaban J connectivity index is 3.08. The van der Waals surface area contributed by atoms with E-state index in [0.29, 0.717) is 5.69 Å². The lowest BCUT2D eigenvalue weighted by Crippen LogP contribution is -2.18. The molecule has 5 nitrogen and oxygen atoms in total. The fourth-order valence-electron chi connectivity index (χ4n) is 0.988. The van der Waals surface area contributed by atoms with Gasteiger partial charge >= 0.3 is 5.97 Å². The summed E-state index contributed by atoms with van der Waals surface area (Å²) in [4.78, 5) is 14.6. The van der Waals surface area contributed by atoms with Gasteiger partial charge in [0.05, 0.1) is 11.3 Å². The summed E-state index contributed by atoms with van der Waals surface area (Å²) in [5.41, 5.74) is 3.94. The molecule has 0 saturated heterocycles. The average Bonchev–Trinajstić information content (AvgIpc) is 2.16. The van der Waals surface area contributed by atoms with Gasteiger partial charge in [0.2, 0.25) is 0 Å². The number of aliphatic imine (C=N–C) groups is 1. The highest BCUT2D eigenvalue weighted by Gasteiger charge is 2.04. The van der Waals surface area contributed by atoms with Gasteiger partial charge in [-0.25, -0.2) is 15.6 Å². The quantitative estimate of drug-likeness (QED) is 0.287. The van der Waals surface area contributed by atoms with Crippen molar-refractivity contribution >= 4 is 18.0 Å². The van der Waals surface area contributed by atoms with Crippen LogP contribution in [-0.4, -0.2) is 17.4 Å². The highest BCUT2D eigenvalue weighted by atomic mass is 16.4. The minimum atomic E-state index is -0.970. The number of nitrogens with two attached hydrogens (primary N) is 1. The van der Waals surface area contributed by atoms with E-state index in [4.69, 9.17) is 10.9 Å². The molecular formula is C9H11N3O2. The first-order valence-corrected chi connectivity index (χ1v) is 3.97. The molecule has 1 rings (SSSR count). The fraction of sp³-hybridized carbons (Fsp3) is 0.111. The van der Waals surface area contributed by atoms with Crippen molar-refractivity contribution in [1.82, 2.24) is 5.43 Å². The first-order valence-electron chi connectivity index (χ1n) is 3.97. The highest BCUT2D eigenvalue weighted by molar-refractivity contribution is 5.89. The number of aromatic carboxylic acids is 1.